The summed E-state index contributed by atoms with van der Waals surface area (Å²) in [6, 6.07) is 9.69. The SMILES string of the molecule is Cc1nnc(NC(=O)NCCc2ncc(-c3ccccc3)[nH]2)s1. The molecule has 2 amide bonds. The lowest BCUT2D eigenvalue weighted by Gasteiger charge is -2.03. The van der Waals surface area contributed by atoms with E-state index in [2.05, 4.69) is 30.8 Å². The summed E-state index contributed by atoms with van der Waals surface area (Å²) in [7, 11) is 0. The van der Waals surface area contributed by atoms with E-state index in [1.54, 1.807) is 6.20 Å². The molecule has 0 aliphatic rings. The van der Waals surface area contributed by atoms with Crippen molar-refractivity contribution in [3.63, 3.8) is 0 Å². The van der Waals surface area contributed by atoms with Crippen LogP contribution >= 0.6 is 11.3 Å². The van der Waals surface area contributed by atoms with Gasteiger partial charge in [-0.3, -0.25) is 5.32 Å². The Morgan fingerprint density at radius 3 is 2.83 bits per heavy atom. The molecule has 3 aromatic rings. The molecule has 0 bridgehead atoms. The van der Waals surface area contributed by atoms with E-state index in [4.69, 9.17) is 0 Å². The second-order valence-corrected chi connectivity index (χ2v) is 6.05. The maximum Gasteiger partial charge on any atom is 0.321 e. The predicted molar refractivity (Wildman–Crippen MR) is 89.4 cm³/mol. The van der Waals surface area contributed by atoms with Crippen LogP contribution in [0.1, 0.15) is 10.8 Å². The molecule has 0 radical (unpaired) electrons. The smallest absolute Gasteiger partial charge is 0.321 e. The summed E-state index contributed by atoms with van der Waals surface area (Å²) in [6.45, 7) is 2.31. The molecule has 3 rings (SSSR count). The Kier molecular flexibility index (Phi) is 4.62. The lowest BCUT2D eigenvalue weighted by atomic mass is 10.2. The van der Waals surface area contributed by atoms with E-state index >= 15 is 0 Å². The van der Waals surface area contributed by atoms with Crippen LogP contribution in [0.5, 0.6) is 0 Å². The van der Waals surface area contributed by atoms with Crippen molar-refractivity contribution in [2.24, 2.45) is 0 Å². The van der Waals surface area contributed by atoms with Gasteiger partial charge in [-0.15, -0.1) is 10.2 Å². The van der Waals surface area contributed by atoms with Crippen LogP contribution < -0.4 is 10.6 Å². The highest BCUT2D eigenvalue weighted by atomic mass is 32.1. The first-order chi connectivity index (χ1) is 11.2. The Morgan fingerprint density at radius 1 is 1.26 bits per heavy atom. The number of carbonyl (C=O) groups is 1. The Morgan fingerprint density at radius 2 is 2.09 bits per heavy atom. The summed E-state index contributed by atoms with van der Waals surface area (Å²) in [6.07, 6.45) is 2.42. The summed E-state index contributed by atoms with van der Waals surface area (Å²) in [5.74, 6) is 0.830. The Bertz CT molecular complexity index is 782. The molecule has 1 aromatic carbocycles. The van der Waals surface area contributed by atoms with Gasteiger partial charge in [0.15, 0.2) is 0 Å². The quantitative estimate of drug-likeness (QED) is 0.671. The fourth-order valence-corrected chi connectivity index (χ4v) is 2.62. The number of urea groups is 1. The van der Waals surface area contributed by atoms with Crippen LogP contribution in [0, 0.1) is 6.92 Å². The number of nitrogens with one attached hydrogen (secondary N) is 3. The fraction of sp³-hybridized carbons (Fsp3) is 0.200. The van der Waals surface area contributed by atoms with Gasteiger partial charge in [0.05, 0.1) is 11.9 Å². The van der Waals surface area contributed by atoms with Gasteiger partial charge < -0.3 is 10.3 Å². The molecule has 0 spiro atoms. The average molecular weight is 328 g/mol. The molecular weight excluding hydrogens is 312 g/mol. The fourth-order valence-electron chi connectivity index (χ4n) is 2.04. The van der Waals surface area contributed by atoms with Gasteiger partial charge in [-0.25, -0.2) is 9.78 Å². The molecule has 0 aliphatic heterocycles. The maximum atomic E-state index is 11.7. The monoisotopic (exact) mass is 328 g/mol. The molecule has 0 atom stereocenters. The largest absolute Gasteiger partial charge is 0.342 e. The number of hydrogen-bond donors (Lipinski definition) is 3. The van der Waals surface area contributed by atoms with E-state index in [0.29, 0.717) is 18.1 Å². The number of carbonyl (C=O) groups excluding carboxylic acids is 1. The van der Waals surface area contributed by atoms with Crippen molar-refractivity contribution in [2.45, 2.75) is 13.3 Å². The minimum absolute atomic E-state index is 0.295. The number of H-pyrrole nitrogens is 1. The number of amides is 2. The number of aromatic amines is 1. The minimum atomic E-state index is -0.295. The molecule has 2 heterocycles. The van der Waals surface area contributed by atoms with Crippen LogP contribution in [0.15, 0.2) is 36.5 Å². The van der Waals surface area contributed by atoms with Gasteiger partial charge in [-0.2, -0.15) is 0 Å². The van der Waals surface area contributed by atoms with Crippen LogP contribution in [-0.2, 0) is 6.42 Å². The molecule has 0 saturated heterocycles. The number of rotatable bonds is 5. The first kappa shape index (κ1) is 15.2. The van der Waals surface area contributed by atoms with Crippen molar-refractivity contribution in [1.82, 2.24) is 25.5 Å². The van der Waals surface area contributed by atoms with Crippen molar-refractivity contribution in [3.8, 4) is 11.3 Å². The van der Waals surface area contributed by atoms with E-state index in [1.807, 2.05) is 37.3 Å². The zero-order valence-electron chi connectivity index (χ0n) is 12.5. The van der Waals surface area contributed by atoms with Gasteiger partial charge in [-0.1, -0.05) is 41.7 Å². The maximum absolute atomic E-state index is 11.7. The lowest BCUT2D eigenvalue weighted by molar-refractivity contribution is 0.252. The minimum Gasteiger partial charge on any atom is -0.342 e. The molecule has 118 valence electrons. The van der Waals surface area contributed by atoms with Crippen LogP contribution in [0.4, 0.5) is 9.93 Å². The summed E-state index contributed by atoms with van der Waals surface area (Å²) >= 11 is 1.33. The summed E-state index contributed by atoms with van der Waals surface area (Å²) in [4.78, 5) is 19.3. The number of imidazole rings is 1. The third-order valence-electron chi connectivity index (χ3n) is 3.11. The standard InChI is InChI=1S/C15H16N6OS/c1-10-20-21-15(23-10)19-14(22)16-8-7-13-17-9-12(18-13)11-5-3-2-4-6-11/h2-6,9H,7-8H2,1H3,(H,17,18)(H2,16,19,21,22). The first-order valence-corrected chi connectivity index (χ1v) is 7.96. The topological polar surface area (TPSA) is 95.6 Å². The highest BCUT2D eigenvalue weighted by Crippen LogP contribution is 2.16. The van der Waals surface area contributed by atoms with Crippen molar-refractivity contribution in [2.75, 3.05) is 11.9 Å². The first-order valence-electron chi connectivity index (χ1n) is 7.15. The summed E-state index contributed by atoms with van der Waals surface area (Å²) in [5.41, 5.74) is 2.05. The molecule has 7 nitrogen and oxygen atoms in total. The van der Waals surface area contributed by atoms with E-state index < -0.39 is 0 Å². The van der Waals surface area contributed by atoms with Gasteiger partial charge in [0.1, 0.15) is 10.8 Å². The highest BCUT2D eigenvalue weighted by molar-refractivity contribution is 7.15. The van der Waals surface area contributed by atoms with Crippen molar-refractivity contribution in [1.29, 1.82) is 0 Å². The van der Waals surface area contributed by atoms with Crippen molar-refractivity contribution >= 4 is 22.5 Å². The molecule has 3 N–H and O–H groups in total. The van der Waals surface area contributed by atoms with E-state index in [0.717, 1.165) is 22.1 Å². The van der Waals surface area contributed by atoms with Crippen LogP contribution in [-0.4, -0.2) is 32.7 Å². The summed E-state index contributed by atoms with van der Waals surface area (Å²) in [5, 5.41) is 14.4. The van der Waals surface area contributed by atoms with Gasteiger partial charge in [0.2, 0.25) is 5.13 Å². The number of benzene rings is 1. The third-order valence-corrected chi connectivity index (χ3v) is 3.86. The van der Waals surface area contributed by atoms with Gasteiger partial charge in [0, 0.05) is 13.0 Å². The third kappa shape index (κ3) is 4.13. The Hall–Kier alpha value is -2.74. The van der Waals surface area contributed by atoms with E-state index in [1.165, 1.54) is 11.3 Å². The average Bonchev–Trinajstić information content (AvgIpc) is 3.17. The number of aryl methyl sites for hydroxylation is 1. The molecule has 23 heavy (non-hydrogen) atoms. The zero-order chi connectivity index (χ0) is 16.1. The van der Waals surface area contributed by atoms with Crippen molar-refractivity contribution < 1.29 is 4.79 Å². The van der Waals surface area contributed by atoms with Crippen molar-refractivity contribution in [3.05, 3.63) is 47.4 Å². The second kappa shape index (κ2) is 7.01. The molecular formula is C15H16N6OS. The van der Waals surface area contributed by atoms with Gasteiger partial charge >= 0.3 is 6.03 Å². The van der Waals surface area contributed by atoms with Gasteiger partial charge in [-0.05, 0) is 12.5 Å². The summed E-state index contributed by atoms with van der Waals surface area (Å²) < 4.78 is 0. The normalized spacial score (nSPS) is 10.5. The number of aromatic nitrogens is 4. The molecule has 2 aromatic heterocycles. The molecule has 8 heteroatoms. The Labute approximate surface area is 137 Å². The second-order valence-electron chi connectivity index (χ2n) is 4.87. The van der Waals surface area contributed by atoms with Crippen LogP contribution in [0.2, 0.25) is 0 Å². The number of anilines is 1. The number of nitrogens with zero attached hydrogens (tertiary/aromatic N) is 3. The molecule has 0 saturated carbocycles. The lowest BCUT2D eigenvalue weighted by Crippen LogP contribution is -2.30. The van der Waals surface area contributed by atoms with Gasteiger partial charge in [0.25, 0.3) is 0 Å². The molecule has 0 unspecified atom stereocenters. The molecule has 0 aliphatic carbocycles. The van der Waals surface area contributed by atoms with Crippen LogP contribution in [0.25, 0.3) is 11.3 Å². The van der Waals surface area contributed by atoms with E-state index in [-0.39, 0.29) is 6.03 Å². The molecule has 0 fully saturated rings. The van der Waals surface area contributed by atoms with E-state index in [9.17, 15) is 4.79 Å². The zero-order valence-corrected chi connectivity index (χ0v) is 13.4. The Balaban J connectivity index is 1.47. The predicted octanol–water partition coefficient (Wildman–Crippen LogP) is 2.60. The number of hydrogen-bond acceptors (Lipinski definition) is 5. The highest BCUT2D eigenvalue weighted by Gasteiger charge is 2.07. The van der Waals surface area contributed by atoms with Crippen LogP contribution in [0.3, 0.4) is 0 Å².